The highest BCUT2D eigenvalue weighted by molar-refractivity contribution is 9.10. The molecule has 134 valence electrons. The second kappa shape index (κ2) is 7.82. The van der Waals surface area contributed by atoms with Gasteiger partial charge in [-0.3, -0.25) is 9.69 Å². The molecule has 0 spiro atoms. The molecule has 1 fully saturated rings. The van der Waals surface area contributed by atoms with E-state index in [9.17, 15) is 4.79 Å². The first-order valence-corrected chi connectivity index (χ1v) is 9.73. The van der Waals surface area contributed by atoms with Crippen LogP contribution in [0.1, 0.15) is 12.5 Å². The Bertz CT molecular complexity index is 910. The third-order valence-corrected chi connectivity index (χ3v) is 6.02. The van der Waals surface area contributed by atoms with Crippen LogP contribution in [0, 0.1) is 0 Å². The molecule has 7 heteroatoms. The first-order valence-electron chi connectivity index (χ1n) is 7.71. The van der Waals surface area contributed by atoms with E-state index in [1.165, 1.54) is 16.7 Å². The van der Waals surface area contributed by atoms with Gasteiger partial charge in [0.15, 0.2) is 4.32 Å². The van der Waals surface area contributed by atoms with Crippen LogP contribution in [0.2, 0.25) is 0 Å². The third kappa shape index (κ3) is 3.51. The van der Waals surface area contributed by atoms with Crippen LogP contribution < -0.4 is 14.4 Å². The summed E-state index contributed by atoms with van der Waals surface area (Å²) in [7, 11) is 3.14. The number of nitrogens with zero attached hydrogens (tertiary/aromatic N) is 1. The van der Waals surface area contributed by atoms with Crippen LogP contribution in [0.3, 0.4) is 0 Å². The average molecular weight is 450 g/mol. The molecule has 2 aromatic rings. The van der Waals surface area contributed by atoms with Crippen LogP contribution in [0.5, 0.6) is 11.5 Å². The molecule has 0 saturated carbocycles. The molecule has 0 N–H and O–H groups in total. The Hall–Kier alpha value is -1.83. The predicted molar refractivity (Wildman–Crippen MR) is 114 cm³/mol. The van der Waals surface area contributed by atoms with Crippen molar-refractivity contribution >= 4 is 61.4 Å². The second-order valence-corrected chi connectivity index (χ2v) is 8.07. The normalized spacial score (nSPS) is 16.1. The van der Waals surface area contributed by atoms with Crippen molar-refractivity contribution in [1.82, 2.24) is 0 Å². The summed E-state index contributed by atoms with van der Waals surface area (Å²) in [6, 6.07) is 13.1. The largest absolute Gasteiger partial charge is 0.497 e. The van der Waals surface area contributed by atoms with Crippen molar-refractivity contribution in [1.29, 1.82) is 0 Å². The molecule has 1 aliphatic rings. The monoisotopic (exact) mass is 449 g/mol. The number of thiocarbonyl (C=S) groups is 1. The van der Waals surface area contributed by atoms with E-state index in [-0.39, 0.29) is 5.91 Å². The minimum Gasteiger partial charge on any atom is -0.497 e. The summed E-state index contributed by atoms with van der Waals surface area (Å²) in [6.45, 7) is 1.93. The molecule has 3 rings (SSSR count). The summed E-state index contributed by atoms with van der Waals surface area (Å²) in [6.07, 6.45) is 0. The number of hydrogen-bond donors (Lipinski definition) is 0. The Morgan fingerprint density at radius 3 is 2.42 bits per heavy atom. The van der Waals surface area contributed by atoms with E-state index in [1.807, 2.05) is 31.2 Å². The van der Waals surface area contributed by atoms with Gasteiger partial charge in [0, 0.05) is 10.5 Å². The van der Waals surface area contributed by atoms with Crippen molar-refractivity contribution < 1.29 is 14.3 Å². The van der Waals surface area contributed by atoms with Gasteiger partial charge in [-0.05, 0) is 42.3 Å². The molecule has 0 radical (unpaired) electrons. The lowest BCUT2D eigenvalue weighted by Crippen LogP contribution is -2.28. The van der Waals surface area contributed by atoms with Crippen molar-refractivity contribution in [3.05, 3.63) is 57.4 Å². The number of ether oxygens (including phenoxy) is 2. The molecule has 0 aliphatic carbocycles. The number of carbonyl (C=O) groups excluding carboxylic acids is 1. The smallest absolute Gasteiger partial charge is 0.271 e. The number of amides is 1. The molecular formula is C19H16BrNO3S2. The number of rotatable bonds is 4. The predicted octanol–water partition coefficient (Wildman–Crippen LogP) is 5.26. The summed E-state index contributed by atoms with van der Waals surface area (Å²) >= 11 is 10.2. The number of thioether (sulfide) groups is 1. The molecule has 26 heavy (non-hydrogen) atoms. The number of hydrogen-bond acceptors (Lipinski definition) is 5. The molecule has 0 atom stereocenters. The summed E-state index contributed by atoms with van der Waals surface area (Å²) in [4.78, 5) is 15.2. The van der Waals surface area contributed by atoms with Crippen molar-refractivity contribution in [2.24, 2.45) is 0 Å². The fraction of sp³-hybridized carbons (Fsp3) is 0.158. The van der Waals surface area contributed by atoms with Crippen molar-refractivity contribution in [3.63, 3.8) is 0 Å². The second-order valence-electron chi connectivity index (χ2n) is 5.51. The lowest BCUT2D eigenvalue weighted by molar-refractivity contribution is -0.113. The quantitative estimate of drug-likeness (QED) is 0.469. The van der Waals surface area contributed by atoms with Gasteiger partial charge < -0.3 is 9.47 Å². The van der Waals surface area contributed by atoms with Crippen molar-refractivity contribution in [2.45, 2.75) is 6.92 Å². The van der Waals surface area contributed by atoms with Crippen LogP contribution in [0.4, 0.5) is 5.69 Å². The maximum atomic E-state index is 13.1. The summed E-state index contributed by atoms with van der Waals surface area (Å²) in [5.41, 5.74) is 2.48. The van der Waals surface area contributed by atoms with Crippen molar-refractivity contribution in [2.75, 3.05) is 19.1 Å². The van der Waals surface area contributed by atoms with E-state index in [0.29, 0.717) is 26.4 Å². The van der Waals surface area contributed by atoms with E-state index >= 15 is 0 Å². The van der Waals surface area contributed by atoms with Crippen LogP contribution in [-0.4, -0.2) is 24.4 Å². The lowest BCUT2D eigenvalue weighted by atomic mass is 10.1. The molecule has 2 aromatic carbocycles. The topological polar surface area (TPSA) is 38.8 Å². The molecule has 1 heterocycles. The van der Waals surface area contributed by atoms with Gasteiger partial charge >= 0.3 is 0 Å². The van der Waals surface area contributed by atoms with Gasteiger partial charge in [0.05, 0.1) is 24.8 Å². The molecule has 0 unspecified atom stereocenters. The average Bonchev–Trinajstić information content (AvgIpc) is 2.95. The summed E-state index contributed by atoms with van der Waals surface area (Å²) in [5, 5.41) is 0. The fourth-order valence-corrected chi connectivity index (χ4v) is 4.20. The number of allylic oxidation sites excluding steroid dienone is 1. The van der Waals surface area contributed by atoms with Gasteiger partial charge in [-0.2, -0.15) is 0 Å². The van der Waals surface area contributed by atoms with Crippen LogP contribution in [-0.2, 0) is 4.79 Å². The van der Waals surface area contributed by atoms with E-state index in [0.717, 1.165) is 15.6 Å². The Morgan fingerprint density at radius 1 is 1.12 bits per heavy atom. The lowest BCUT2D eigenvalue weighted by Gasteiger charge is -2.18. The molecular weight excluding hydrogens is 434 g/mol. The molecule has 0 aromatic heterocycles. The number of carbonyl (C=O) groups is 1. The highest BCUT2D eigenvalue weighted by Crippen LogP contribution is 2.43. The zero-order chi connectivity index (χ0) is 18.8. The Labute approximate surface area is 170 Å². The Morgan fingerprint density at radius 2 is 1.81 bits per heavy atom. The number of benzene rings is 2. The van der Waals surface area contributed by atoms with Gasteiger partial charge in [-0.25, -0.2) is 0 Å². The maximum Gasteiger partial charge on any atom is 0.271 e. The van der Waals surface area contributed by atoms with Gasteiger partial charge in [0.25, 0.3) is 5.91 Å². The minimum absolute atomic E-state index is 0.149. The fourth-order valence-electron chi connectivity index (χ4n) is 2.61. The highest BCUT2D eigenvalue weighted by atomic mass is 79.9. The van der Waals surface area contributed by atoms with Gasteiger partial charge in [-0.1, -0.05) is 52.0 Å². The zero-order valence-electron chi connectivity index (χ0n) is 14.4. The standard InChI is InChI=1S/C19H16BrNO3S2/c1-11(12-4-6-13(20)7-5-12)17-18(22)21(19(25)26-17)15-9-8-14(23-2)10-16(15)24-3/h4-10H,1-3H3/b17-11-. The number of anilines is 1. The Balaban J connectivity index is 2.02. The molecule has 4 nitrogen and oxygen atoms in total. The van der Waals surface area contributed by atoms with Crippen LogP contribution in [0.25, 0.3) is 5.57 Å². The summed E-state index contributed by atoms with van der Waals surface area (Å²) < 4.78 is 12.1. The molecule has 1 aliphatic heterocycles. The third-order valence-electron chi connectivity index (χ3n) is 4.01. The first-order chi connectivity index (χ1) is 12.5. The first kappa shape index (κ1) is 18.9. The highest BCUT2D eigenvalue weighted by Gasteiger charge is 2.36. The van der Waals surface area contributed by atoms with Crippen molar-refractivity contribution in [3.8, 4) is 11.5 Å². The maximum absolute atomic E-state index is 13.1. The van der Waals surface area contributed by atoms with Gasteiger partial charge in [0.1, 0.15) is 11.5 Å². The Kier molecular flexibility index (Phi) is 5.70. The number of halogens is 1. The zero-order valence-corrected chi connectivity index (χ0v) is 17.6. The van der Waals surface area contributed by atoms with E-state index < -0.39 is 0 Å². The SMILES string of the molecule is COc1ccc(N2C(=O)/C(=C(\C)c3ccc(Br)cc3)SC2=S)c(OC)c1. The summed E-state index contributed by atoms with van der Waals surface area (Å²) in [5.74, 6) is 1.03. The van der Waals surface area contributed by atoms with Gasteiger partial charge in [-0.15, -0.1) is 0 Å². The van der Waals surface area contributed by atoms with Crippen LogP contribution in [0.15, 0.2) is 51.8 Å². The molecule has 0 bridgehead atoms. The van der Waals surface area contributed by atoms with Gasteiger partial charge in [0.2, 0.25) is 0 Å². The number of methoxy groups -OCH3 is 2. The molecule has 1 amide bonds. The van der Waals surface area contributed by atoms with Crippen LogP contribution >= 0.6 is 39.9 Å². The molecule has 1 saturated heterocycles. The van der Waals surface area contributed by atoms with E-state index in [1.54, 1.807) is 32.4 Å². The minimum atomic E-state index is -0.149. The van der Waals surface area contributed by atoms with E-state index in [2.05, 4.69) is 15.9 Å². The van der Waals surface area contributed by atoms with E-state index in [4.69, 9.17) is 21.7 Å².